The van der Waals surface area contributed by atoms with Crippen molar-refractivity contribution >= 4 is 11.6 Å². The zero-order valence-electron chi connectivity index (χ0n) is 9.02. The molecule has 0 saturated heterocycles. The van der Waals surface area contributed by atoms with Gasteiger partial charge in [-0.15, -0.1) is 0 Å². The third-order valence-corrected chi connectivity index (χ3v) is 2.65. The summed E-state index contributed by atoms with van der Waals surface area (Å²) in [6.45, 7) is 3.77. The van der Waals surface area contributed by atoms with Crippen molar-refractivity contribution in [2.75, 3.05) is 6.54 Å². The molecule has 1 N–H and O–H groups in total. The molecule has 0 heterocycles. The first-order chi connectivity index (χ1) is 7.24. The fraction of sp³-hybridized carbons (Fsp3) is 0.500. The Labute approximate surface area is 95.6 Å². The molecule has 1 aromatic rings. The number of hydrogen-bond acceptors (Lipinski definition) is 1. The van der Waals surface area contributed by atoms with E-state index in [9.17, 15) is 4.39 Å². The second kappa shape index (κ2) is 6.81. The van der Waals surface area contributed by atoms with Crippen LogP contribution in [0.3, 0.4) is 0 Å². The van der Waals surface area contributed by atoms with Gasteiger partial charge in [-0.1, -0.05) is 31.4 Å². The van der Waals surface area contributed by atoms with Crippen molar-refractivity contribution in [2.24, 2.45) is 0 Å². The van der Waals surface area contributed by atoms with Crippen LogP contribution in [0.25, 0.3) is 0 Å². The van der Waals surface area contributed by atoms with Crippen LogP contribution in [0.15, 0.2) is 18.2 Å². The van der Waals surface area contributed by atoms with Crippen LogP contribution < -0.4 is 5.32 Å². The lowest BCUT2D eigenvalue weighted by atomic mass is 10.2. The van der Waals surface area contributed by atoms with E-state index in [-0.39, 0.29) is 5.82 Å². The van der Waals surface area contributed by atoms with Crippen LogP contribution in [-0.2, 0) is 6.54 Å². The van der Waals surface area contributed by atoms with Gasteiger partial charge in [0.25, 0.3) is 0 Å². The van der Waals surface area contributed by atoms with E-state index < -0.39 is 0 Å². The number of rotatable bonds is 6. The zero-order valence-corrected chi connectivity index (χ0v) is 9.78. The van der Waals surface area contributed by atoms with E-state index in [1.807, 2.05) is 0 Å². The second-order valence-corrected chi connectivity index (χ2v) is 4.03. The predicted octanol–water partition coefficient (Wildman–Crippen LogP) is 3.76. The fourth-order valence-electron chi connectivity index (χ4n) is 1.40. The number of nitrogens with one attached hydrogen (secondary N) is 1. The monoisotopic (exact) mass is 229 g/mol. The maximum absolute atomic E-state index is 12.9. The summed E-state index contributed by atoms with van der Waals surface area (Å²) in [7, 11) is 0. The Morgan fingerprint density at radius 3 is 2.87 bits per heavy atom. The third kappa shape index (κ3) is 4.63. The van der Waals surface area contributed by atoms with Gasteiger partial charge in [0.1, 0.15) is 5.82 Å². The SMILES string of the molecule is CCCCCNCc1cc(F)ccc1Cl. The van der Waals surface area contributed by atoms with Crippen molar-refractivity contribution in [1.29, 1.82) is 0 Å². The van der Waals surface area contributed by atoms with Crippen molar-refractivity contribution in [1.82, 2.24) is 5.32 Å². The van der Waals surface area contributed by atoms with Crippen LogP contribution in [0.5, 0.6) is 0 Å². The summed E-state index contributed by atoms with van der Waals surface area (Å²) in [5.74, 6) is -0.232. The minimum atomic E-state index is -0.232. The van der Waals surface area contributed by atoms with E-state index in [4.69, 9.17) is 11.6 Å². The van der Waals surface area contributed by atoms with E-state index in [0.29, 0.717) is 11.6 Å². The van der Waals surface area contributed by atoms with Crippen molar-refractivity contribution in [2.45, 2.75) is 32.7 Å². The van der Waals surface area contributed by atoms with Crippen LogP contribution in [0.4, 0.5) is 4.39 Å². The minimum absolute atomic E-state index is 0.232. The van der Waals surface area contributed by atoms with Gasteiger partial charge in [0.2, 0.25) is 0 Å². The Kier molecular flexibility index (Phi) is 5.66. The molecule has 1 nitrogen and oxygen atoms in total. The molecule has 0 aliphatic heterocycles. The molecule has 0 atom stereocenters. The van der Waals surface area contributed by atoms with Gasteiger partial charge in [0, 0.05) is 11.6 Å². The van der Waals surface area contributed by atoms with Gasteiger partial charge in [-0.2, -0.15) is 0 Å². The van der Waals surface area contributed by atoms with Gasteiger partial charge in [0.05, 0.1) is 0 Å². The Hall–Kier alpha value is -0.600. The van der Waals surface area contributed by atoms with E-state index in [0.717, 1.165) is 18.5 Å². The maximum atomic E-state index is 12.9. The highest BCUT2D eigenvalue weighted by Gasteiger charge is 2.01. The average Bonchev–Trinajstić information content (AvgIpc) is 2.23. The Balaban J connectivity index is 2.33. The first-order valence-electron chi connectivity index (χ1n) is 5.38. The normalized spacial score (nSPS) is 10.6. The van der Waals surface area contributed by atoms with Gasteiger partial charge in [-0.3, -0.25) is 0 Å². The van der Waals surface area contributed by atoms with Gasteiger partial charge < -0.3 is 5.32 Å². The van der Waals surface area contributed by atoms with Gasteiger partial charge >= 0.3 is 0 Å². The molecule has 0 aliphatic rings. The third-order valence-electron chi connectivity index (χ3n) is 2.28. The van der Waals surface area contributed by atoms with Gasteiger partial charge in [0.15, 0.2) is 0 Å². The molecule has 0 aromatic heterocycles. The topological polar surface area (TPSA) is 12.0 Å². The minimum Gasteiger partial charge on any atom is -0.313 e. The van der Waals surface area contributed by atoms with Gasteiger partial charge in [-0.05, 0) is 36.7 Å². The van der Waals surface area contributed by atoms with Crippen LogP contribution in [0.2, 0.25) is 5.02 Å². The molecule has 0 radical (unpaired) electrons. The molecule has 15 heavy (non-hydrogen) atoms. The summed E-state index contributed by atoms with van der Waals surface area (Å²) in [5.41, 5.74) is 0.827. The quantitative estimate of drug-likeness (QED) is 0.733. The highest BCUT2D eigenvalue weighted by atomic mass is 35.5. The van der Waals surface area contributed by atoms with Crippen molar-refractivity contribution < 1.29 is 4.39 Å². The van der Waals surface area contributed by atoms with Crippen molar-refractivity contribution in [3.63, 3.8) is 0 Å². The largest absolute Gasteiger partial charge is 0.313 e. The molecule has 84 valence electrons. The molecule has 1 aromatic carbocycles. The van der Waals surface area contributed by atoms with Crippen LogP contribution in [-0.4, -0.2) is 6.54 Å². The van der Waals surface area contributed by atoms with Crippen molar-refractivity contribution in [3.8, 4) is 0 Å². The summed E-state index contributed by atoms with van der Waals surface area (Å²) in [4.78, 5) is 0. The number of unbranched alkanes of at least 4 members (excludes halogenated alkanes) is 2. The first kappa shape index (κ1) is 12.5. The lowest BCUT2D eigenvalue weighted by Crippen LogP contribution is -2.14. The zero-order chi connectivity index (χ0) is 11.1. The number of halogens is 2. The van der Waals surface area contributed by atoms with E-state index in [1.54, 1.807) is 6.07 Å². The van der Waals surface area contributed by atoms with Crippen molar-refractivity contribution in [3.05, 3.63) is 34.6 Å². The molecule has 3 heteroatoms. The number of hydrogen-bond donors (Lipinski definition) is 1. The standard InChI is InChI=1S/C12H17ClFN/c1-2-3-4-7-15-9-10-8-11(14)5-6-12(10)13/h5-6,8,15H,2-4,7,9H2,1H3. The number of benzene rings is 1. The first-order valence-corrected chi connectivity index (χ1v) is 5.76. The summed E-state index contributed by atoms with van der Waals surface area (Å²) < 4.78 is 12.9. The van der Waals surface area contributed by atoms with Gasteiger partial charge in [-0.25, -0.2) is 4.39 Å². The molecule has 0 fully saturated rings. The highest BCUT2D eigenvalue weighted by molar-refractivity contribution is 6.31. The Morgan fingerprint density at radius 2 is 2.13 bits per heavy atom. The Morgan fingerprint density at radius 1 is 1.33 bits per heavy atom. The molecule has 0 unspecified atom stereocenters. The smallest absolute Gasteiger partial charge is 0.123 e. The van der Waals surface area contributed by atoms with E-state index in [1.165, 1.54) is 25.0 Å². The van der Waals surface area contributed by atoms with E-state index >= 15 is 0 Å². The molecule has 0 bridgehead atoms. The highest BCUT2D eigenvalue weighted by Crippen LogP contribution is 2.16. The molecule has 0 spiro atoms. The lowest BCUT2D eigenvalue weighted by molar-refractivity contribution is 0.605. The Bertz CT molecular complexity index is 302. The molecule has 0 saturated carbocycles. The summed E-state index contributed by atoms with van der Waals surface area (Å²) >= 11 is 5.93. The molecule has 1 rings (SSSR count). The predicted molar refractivity (Wildman–Crippen MR) is 62.6 cm³/mol. The fourth-order valence-corrected chi connectivity index (χ4v) is 1.59. The van der Waals surface area contributed by atoms with Crippen LogP contribution in [0, 0.1) is 5.82 Å². The average molecular weight is 230 g/mol. The second-order valence-electron chi connectivity index (χ2n) is 3.62. The molecular weight excluding hydrogens is 213 g/mol. The summed E-state index contributed by atoms with van der Waals surface area (Å²) in [6.07, 6.45) is 3.59. The summed E-state index contributed by atoms with van der Waals surface area (Å²) in [5, 5.41) is 3.88. The lowest BCUT2D eigenvalue weighted by Gasteiger charge is -2.06. The molecular formula is C12H17ClFN. The van der Waals surface area contributed by atoms with E-state index in [2.05, 4.69) is 12.2 Å². The summed E-state index contributed by atoms with van der Waals surface area (Å²) in [6, 6.07) is 4.46. The molecule has 0 aliphatic carbocycles. The van der Waals surface area contributed by atoms with Crippen LogP contribution in [0.1, 0.15) is 31.7 Å². The molecule has 0 amide bonds. The maximum Gasteiger partial charge on any atom is 0.123 e. The van der Waals surface area contributed by atoms with Crippen LogP contribution >= 0.6 is 11.6 Å².